The molecule has 0 spiro atoms. The predicted molar refractivity (Wildman–Crippen MR) is 131 cm³/mol. The van der Waals surface area contributed by atoms with Gasteiger partial charge in [-0.1, -0.05) is 24.3 Å². The second-order valence-electron chi connectivity index (χ2n) is 8.18. The molecular formula is C25H28N4OS. The number of piperazine rings is 1. The van der Waals surface area contributed by atoms with E-state index in [1.807, 2.05) is 18.3 Å². The van der Waals surface area contributed by atoms with Gasteiger partial charge < -0.3 is 19.7 Å². The second-order valence-corrected chi connectivity index (χ2v) is 9.23. The van der Waals surface area contributed by atoms with Gasteiger partial charge in [-0.15, -0.1) is 0 Å². The number of fused-ring (bicyclic) bond motifs is 3. The monoisotopic (exact) mass is 432 g/mol. The van der Waals surface area contributed by atoms with Crippen molar-refractivity contribution in [3.63, 3.8) is 0 Å². The molecule has 1 saturated heterocycles. The topological polar surface area (TPSA) is 49.4 Å². The van der Waals surface area contributed by atoms with Gasteiger partial charge in [0.2, 0.25) is 0 Å². The number of ether oxygens (including phenoxy) is 1. The number of hydrogen-bond acceptors (Lipinski definition) is 6. The number of benzene rings is 1. The summed E-state index contributed by atoms with van der Waals surface area (Å²) in [6, 6.07) is 15.1. The first kappa shape index (κ1) is 20.2. The largest absolute Gasteiger partial charge is 0.497 e. The van der Waals surface area contributed by atoms with Crippen molar-refractivity contribution < 1.29 is 4.74 Å². The Morgan fingerprint density at radius 2 is 2.16 bits per heavy atom. The number of anilines is 2. The fourth-order valence-corrected chi connectivity index (χ4v) is 5.23. The average Bonchev–Trinajstić information content (AvgIpc) is 2.93. The summed E-state index contributed by atoms with van der Waals surface area (Å²) >= 11 is 1.68. The third-order valence-electron chi connectivity index (χ3n) is 6.09. The minimum Gasteiger partial charge on any atom is -0.497 e. The molecule has 3 aliphatic heterocycles. The predicted octanol–water partition coefficient (Wildman–Crippen LogP) is 5.04. The van der Waals surface area contributed by atoms with Crippen LogP contribution in [0.1, 0.15) is 24.5 Å². The Morgan fingerprint density at radius 3 is 3.06 bits per heavy atom. The molecule has 1 aromatic carbocycles. The van der Waals surface area contributed by atoms with Gasteiger partial charge in [-0.25, -0.2) is 0 Å². The molecule has 6 heteroatoms. The van der Waals surface area contributed by atoms with E-state index >= 15 is 0 Å². The van der Waals surface area contributed by atoms with Crippen molar-refractivity contribution in [1.82, 2.24) is 10.3 Å². The van der Waals surface area contributed by atoms with Gasteiger partial charge in [0, 0.05) is 47.9 Å². The van der Waals surface area contributed by atoms with Crippen molar-refractivity contribution in [3.05, 3.63) is 64.7 Å². The molecule has 2 N–H and O–H groups in total. The van der Waals surface area contributed by atoms with E-state index in [1.165, 1.54) is 33.0 Å². The molecular weight excluding hydrogens is 404 g/mol. The molecule has 1 aliphatic carbocycles. The van der Waals surface area contributed by atoms with Gasteiger partial charge in [0.05, 0.1) is 24.2 Å². The summed E-state index contributed by atoms with van der Waals surface area (Å²) in [6.07, 6.45) is 6.34. The first-order chi connectivity index (χ1) is 15.2. The van der Waals surface area contributed by atoms with Gasteiger partial charge in [0.1, 0.15) is 5.75 Å². The highest BCUT2D eigenvalue weighted by atomic mass is 32.2. The summed E-state index contributed by atoms with van der Waals surface area (Å²) in [5.74, 6) is 0.928. The lowest BCUT2D eigenvalue weighted by molar-refractivity contribution is 0.413. The Bertz CT molecular complexity index is 1080. The lowest BCUT2D eigenvalue weighted by atomic mass is 10.0. The molecule has 5 nitrogen and oxygen atoms in total. The molecule has 0 bridgehead atoms. The Labute approximate surface area is 188 Å². The third-order valence-corrected chi connectivity index (χ3v) is 6.83. The second kappa shape index (κ2) is 8.81. The quantitative estimate of drug-likeness (QED) is 0.551. The van der Waals surface area contributed by atoms with E-state index in [9.17, 15) is 0 Å². The Balaban J connectivity index is 1.40. The van der Waals surface area contributed by atoms with Gasteiger partial charge >= 0.3 is 0 Å². The summed E-state index contributed by atoms with van der Waals surface area (Å²) < 4.78 is 8.93. The SMILES string of the molecule is COc1cccc(CC[C@H]2CN(c3c4nccccc-4c4c3C=C(C)SN4)CCN2)c1. The number of aryl methyl sites for hydroxylation is 1. The number of nitrogens with one attached hydrogen (secondary N) is 2. The van der Waals surface area contributed by atoms with E-state index in [0.717, 1.165) is 43.9 Å². The van der Waals surface area contributed by atoms with Crippen LogP contribution in [0.2, 0.25) is 0 Å². The highest BCUT2D eigenvalue weighted by Crippen LogP contribution is 2.50. The van der Waals surface area contributed by atoms with Crippen molar-refractivity contribution in [1.29, 1.82) is 0 Å². The molecule has 1 atom stereocenters. The number of methoxy groups -OCH3 is 1. The van der Waals surface area contributed by atoms with Crippen LogP contribution >= 0.6 is 11.9 Å². The van der Waals surface area contributed by atoms with E-state index in [-0.39, 0.29) is 0 Å². The fraction of sp³-hybridized carbons (Fsp3) is 0.320. The lowest BCUT2D eigenvalue weighted by Crippen LogP contribution is -2.51. The maximum absolute atomic E-state index is 5.38. The maximum atomic E-state index is 5.38. The first-order valence-corrected chi connectivity index (χ1v) is 11.7. The molecule has 0 saturated carbocycles. The molecule has 4 aliphatic rings. The minimum absolute atomic E-state index is 0.439. The summed E-state index contributed by atoms with van der Waals surface area (Å²) in [5, 5.41) is 3.72. The van der Waals surface area contributed by atoms with E-state index in [0.29, 0.717) is 6.04 Å². The van der Waals surface area contributed by atoms with Gasteiger partial charge in [-0.2, -0.15) is 0 Å². The molecule has 0 radical (unpaired) electrons. The fourth-order valence-electron chi connectivity index (χ4n) is 4.57. The van der Waals surface area contributed by atoms with Crippen LogP contribution in [0.4, 0.5) is 11.4 Å². The van der Waals surface area contributed by atoms with Crippen LogP contribution in [0.15, 0.2) is 53.6 Å². The Kier molecular flexibility index (Phi) is 5.74. The Hall–Kier alpha value is -2.70. The molecule has 0 aromatic heterocycles. The van der Waals surface area contributed by atoms with Crippen LogP contribution in [-0.4, -0.2) is 37.8 Å². The van der Waals surface area contributed by atoms with Crippen LogP contribution in [0.25, 0.3) is 17.3 Å². The minimum atomic E-state index is 0.439. The van der Waals surface area contributed by atoms with Gasteiger partial charge in [0.25, 0.3) is 0 Å². The molecule has 31 heavy (non-hydrogen) atoms. The van der Waals surface area contributed by atoms with Gasteiger partial charge in [-0.05, 0) is 61.6 Å². The van der Waals surface area contributed by atoms with Crippen molar-refractivity contribution in [3.8, 4) is 17.0 Å². The summed E-state index contributed by atoms with van der Waals surface area (Å²) in [6.45, 7) is 5.11. The lowest BCUT2D eigenvalue weighted by Gasteiger charge is -2.36. The normalized spacial score (nSPS) is 18.3. The number of hydrogen-bond donors (Lipinski definition) is 2. The van der Waals surface area contributed by atoms with E-state index < -0.39 is 0 Å². The van der Waals surface area contributed by atoms with Crippen LogP contribution < -0.4 is 19.7 Å². The maximum Gasteiger partial charge on any atom is 0.119 e. The molecule has 1 fully saturated rings. The number of aromatic nitrogens is 1. The zero-order valence-electron chi connectivity index (χ0n) is 18.0. The van der Waals surface area contributed by atoms with Crippen molar-refractivity contribution in [2.45, 2.75) is 25.8 Å². The smallest absolute Gasteiger partial charge is 0.119 e. The molecule has 1 aromatic rings. The van der Waals surface area contributed by atoms with Crippen LogP contribution in [0.3, 0.4) is 0 Å². The van der Waals surface area contributed by atoms with Crippen LogP contribution in [0, 0.1) is 0 Å². The van der Waals surface area contributed by atoms with Crippen molar-refractivity contribution in [2.75, 3.05) is 36.4 Å². The zero-order valence-corrected chi connectivity index (χ0v) is 18.8. The summed E-state index contributed by atoms with van der Waals surface area (Å²) in [4.78, 5) is 8.64. The molecule has 0 unspecified atom stereocenters. The van der Waals surface area contributed by atoms with E-state index in [1.54, 1.807) is 19.1 Å². The molecule has 0 amide bonds. The summed E-state index contributed by atoms with van der Waals surface area (Å²) in [7, 11) is 1.72. The van der Waals surface area contributed by atoms with Gasteiger partial charge in [-0.3, -0.25) is 4.98 Å². The van der Waals surface area contributed by atoms with Crippen LogP contribution in [-0.2, 0) is 6.42 Å². The van der Waals surface area contributed by atoms with Crippen molar-refractivity contribution in [2.24, 2.45) is 0 Å². The highest BCUT2D eigenvalue weighted by molar-refractivity contribution is 8.04. The standard InChI is InChI=1S/C25H28N4OS/c1-17-14-22-23(28-31-17)21-8-3-4-11-27-24(21)25(22)29-13-12-26-19(16-29)10-9-18-6-5-7-20(15-18)30-2/h3-8,11,14-15,19,26,28H,9-10,12-13,16H2,1-2H3/t19-/m0/s1. The molecule has 160 valence electrons. The zero-order chi connectivity index (χ0) is 21.2. The third kappa shape index (κ3) is 4.10. The molecule has 5 rings (SSSR count). The number of nitrogens with zero attached hydrogens (tertiary/aromatic N) is 2. The van der Waals surface area contributed by atoms with Crippen molar-refractivity contribution >= 4 is 29.4 Å². The van der Waals surface area contributed by atoms with E-state index in [4.69, 9.17) is 9.72 Å². The summed E-state index contributed by atoms with van der Waals surface area (Å²) in [5.41, 5.74) is 7.33. The number of allylic oxidation sites excluding steroid dienone is 1. The van der Waals surface area contributed by atoms with E-state index in [2.05, 4.69) is 58.3 Å². The first-order valence-electron chi connectivity index (χ1n) is 10.9. The highest BCUT2D eigenvalue weighted by Gasteiger charge is 2.31. The average molecular weight is 433 g/mol. The van der Waals surface area contributed by atoms with Gasteiger partial charge in [0.15, 0.2) is 0 Å². The Morgan fingerprint density at radius 1 is 1.23 bits per heavy atom. The molecule has 3 heterocycles. The number of rotatable bonds is 5. The van der Waals surface area contributed by atoms with Crippen LogP contribution in [0.5, 0.6) is 5.75 Å².